The highest BCUT2D eigenvalue weighted by molar-refractivity contribution is 7.27. The molecule has 0 saturated carbocycles. The average Bonchev–Trinajstić information content (AvgIpc) is 1.46. The molecule has 0 bridgehead atoms. The molecule has 0 saturated heterocycles. The van der Waals surface area contributed by atoms with Crippen molar-refractivity contribution in [3.05, 3.63) is 455 Å². The lowest BCUT2D eigenvalue weighted by molar-refractivity contribution is 0.668. The summed E-state index contributed by atoms with van der Waals surface area (Å²) < 4.78 is 42.3. The Morgan fingerprint density at radius 3 is 0.750 bits per heavy atom. The number of benzene rings is 24. The zero-order valence-corrected chi connectivity index (χ0v) is 80.1. The zero-order valence-electron chi connectivity index (χ0n) is 76.8. The summed E-state index contributed by atoms with van der Waals surface area (Å²) in [6.07, 6.45) is 0. The van der Waals surface area contributed by atoms with Gasteiger partial charge in [0.2, 0.25) is 0 Å². The molecule has 9 aromatic heterocycles. The van der Waals surface area contributed by atoms with Crippen molar-refractivity contribution in [1.29, 1.82) is 0 Å². The molecule has 0 unspecified atom stereocenters. The van der Waals surface area contributed by atoms with Gasteiger partial charge >= 0.3 is 0 Å². The van der Waals surface area contributed by atoms with E-state index in [1.165, 1.54) is 145 Å². The van der Waals surface area contributed by atoms with E-state index < -0.39 is 0 Å². The van der Waals surface area contributed by atoms with Gasteiger partial charge in [-0.2, -0.15) is 0 Å². The highest BCUT2D eigenvalue weighted by Crippen LogP contribution is 2.53. The summed E-state index contributed by atoms with van der Waals surface area (Å²) >= 11 is 7.46. The summed E-state index contributed by atoms with van der Waals surface area (Å²) in [5.41, 5.74) is 18.4. The Labute approximate surface area is 836 Å². The molecule has 0 spiro atoms. The summed E-state index contributed by atoms with van der Waals surface area (Å²) in [6, 6.07) is 164. The SMILES string of the molecule is c1ccc2c(c1)oc1cc(N(c3ccc4c(c3)oc3ccccc34)c3ccc4ccc5ccc6sc7ccccc7c6c5c4c3)ccc12.c1ccc2c(c1)oc1cc(N(c3ccc4ccc5ccc6sc7ccccc7c6c5c4c3)c3cccc4c3sc3ccccc34)ccc12.c1ccc2c(c1)oc1cc(N(c3ccc4oc5ccccc5c4c3)c3ccc4ccc5ccc6sc7ccccc7c6c5c4c3)ccc12. The smallest absolute Gasteiger partial charge is 0.137 e. The molecule has 0 atom stereocenters. The van der Waals surface area contributed by atoms with Crippen LogP contribution in [0.2, 0.25) is 0 Å². The monoisotopic (exact) mass is 1910 g/mol. The van der Waals surface area contributed by atoms with Gasteiger partial charge in [0.15, 0.2) is 0 Å². The summed E-state index contributed by atoms with van der Waals surface area (Å²) in [4.78, 5) is 7.09. The Hall–Kier alpha value is -17.9. The summed E-state index contributed by atoms with van der Waals surface area (Å²) in [6.45, 7) is 0. The van der Waals surface area contributed by atoms with E-state index in [2.05, 4.69) is 409 Å². The highest BCUT2D eigenvalue weighted by Gasteiger charge is 2.27. The minimum absolute atomic E-state index is 0.862. The number of fused-ring (bicyclic) bond motifs is 39. The molecule has 0 aliphatic carbocycles. The quantitative estimate of drug-likeness (QED) is 0.132. The van der Waals surface area contributed by atoms with Crippen molar-refractivity contribution < 1.29 is 22.1 Å². The van der Waals surface area contributed by atoms with Gasteiger partial charge in [-0.25, -0.2) is 0 Å². The van der Waals surface area contributed by atoms with Crippen LogP contribution < -0.4 is 14.7 Å². The van der Waals surface area contributed by atoms with Crippen molar-refractivity contribution in [3.8, 4) is 0 Å². The molecule has 144 heavy (non-hydrogen) atoms. The number of furan rings is 5. The van der Waals surface area contributed by atoms with Crippen molar-refractivity contribution in [2.24, 2.45) is 0 Å². The molecule has 33 rings (SSSR count). The first kappa shape index (κ1) is 81.0. The van der Waals surface area contributed by atoms with E-state index in [4.69, 9.17) is 22.1 Å². The standard InChI is InChI=1S/2C44H25NO2S.C44H25NOS2/c1-4-10-37-31(7-1)33-20-18-30(25-40(33)47-37)45(29-19-21-39-36(24-29)32-8-2-5-11-38(32)46-39)28-17-15-26-13-14-27-16-22-42-44(43(27)35(26)23-28)34-9-3-6-12-41(34)48-42;1-4-10-37-31(7-1)33-20-18-29(24-39(33)46-37)45(30-19-21-34-32-8-2-5-11-38(32)47-40(34)25-30)28-17-15-26-13-14-27-16-22-42-44(43(27)36(26)23-28)35-9-3-6-12-41(35)48-42;1-4-13-37-30(8-1)31-22-21-29(25-38(31)46-37)45(36-12-7-11-33-32-9-2-5-14-39(32)48-44(33)36)28-20-18-26-16-17-27-19-23-41-43(42(27)35(26)24-28)34-10-3-6-15-40(34)47-41/h3*1-25H. The van der Waals surface area contributed by atoms with Crippen LogP contribution in [0.3, 0.4) is 0 Å². The van der Waals surface area contributed by atoms with E-state index in [0.29, 0.717) is 0 Å². The van der Waals surface area contributed by atoms with Gasteiger partial charge in [0.05, 0.1) is 10.4 Å². The number of para-hydroxylation sites is 5. The fraction of sp³-hybridized carbons (Fsp3) is 0. The Bertz CT molecular complexity index is 11100. The summed E-state index contributed by atoms with van der Waals surface area (Å²) in [5, 5.41) is 36.8. The second-order valence-electron chi connectivity index (χ2n) is 37.5. The predicted molar refractivity (Wildman–Crippen MR) is 616 cm³/mol. The van der Waals surface area contributed by atoms with Gasteiger partial charge in [-0.1, -0.05) is 249 Å². The first-order chi connectivity index (χ1) is 71.3. The van der Waals surface area contributed by atoms with Crippen LogP contribution in [0.25, 0.3) is 255 Å². The molecule has 12 heteroatoms. The van der Waals surface area contributed by atoms with Crippen LogP contribution in [-0.2, 0) is 0 Å². The molecule has 672 valence electrons. The largest absolute Gasteiger partial charge is 0.456 e. The molecule has 9 heterocycles. The normalized spacial score (nSPS) is 12.2. The lowest BCUT2D eigenvalue weighted by atomic mass is 9.97. The molecule has 0 N–H and O–H groups in total. The Morgan fingerprint density at radius 2 is 0.375 bits per heavy atom. The maximum atomic E-state index is 6.44. The molecule has 0 amide bonds. The third kappa shape index (κ3) is 12.7. The van der Waals surface area contributed by atoms with Gasteiger partial charge in [-0.3, -0.25) is 0 Å². The van der Waals surface area contributed by atoms with E-state index in [1.807, 2.05) is 106 Å². The van der Waals surface area contributed by atoms with E-state index in [9.17, 15) is 0 Å². The van der Waals surface area contributed by atoms with Gasteiger partial charge in [-0.05, 0) is 247 Å². The first-order valence-corrected chi connectivity index (χ1v) is 51.8. The van der Waals surface area contributed by atoms with Crippen LogP contribution in [-0.4, -0.2) is 0 Å². The average molecular weight is 1910 g/mol. The van der Waals surface area contributed by atoms with Crippen LogP contribution in [0, 0.1) is 0 Å². The van der Waals surface area contributed by atoms with E-state index in [0.717, 1.165) is 161 Å². The van der Waals surface area contributed by atoms with Crippen molar-refractivity contribution in [1.82, 2.24) is 0 Å². The summed E-state index contributed by atoms with van der Waals surface area (Å²) in [5.74, 6) is 0. The number of hydrogen-bond acceptors (Lipinski definition) is 12. The number of nitrogens with zero attached hydrogens (tertiary/aromatic N) is 3. The van der Waals surface area contributed by atoms with Gasteiger partial charge in [0.1, 0.15) is 55.8 Å². The van der Waals surface area contributed by atoms with E-state index in [-0.39, 0.29) is 0 Å². The second-order valence-corrected chi connectivity index (χ2v) is 41.8. The lowest BCUT2D eigenvalue weighted by Crippen LogP contribution is -2.10. The maximum absolute atomic E-state index is 6.44. The second kappa shape index (κ2) is 31.8. The molecule has 33 aromatic rings. The molecule has 24 aromatic carbocycles. The minimum Gasteiger partial charge on any atom is -0.456 e. The minimum atomic E-state index is 0.862. The van der Waals surface area contributed by atoms with Gasteiger partial charge < -0.3 is 36.8 Å². The van der Waals surface area contributed by atoms with Crippen molar-refractivity contribution in [2.75, 3.05) is 14.7 Å². The van der Waals surface area contributed by atoms with Crippen LogP contribution in [0.15, 0.2) is 477 Å². The Balaban J connectivity index is 0.0000000986. The lowest BCUT2D eigenvalue weighted by Gasteiger charge is -2.26. The maximum Gasteiger partial charge on any atom is 0.137 e. The van der Waals surface area contributed by atoms with Crippen molar-refractivity contribution in [3.63, 3.8) is 0 Å². The predicted octanol–water partition coefficient (Wildman–Crippen LogP) is 41.4. The molecule has 0 radical (unpaired) electrons. The van der Waals surface area contributed by atoms with Crippen LogP contribution in [0.4, 0.5) is 51.2 Å². The molecule has 0 aliphatic rings. The van der Waals surface area contributed by atoms with Crippen molar-refractivity contribution in [2.45, 2.75) is 0 Å². The molecular weight excluding hydrogens is 1840 g/mol. The number of anilines is 9. The Kier molecular flexibility index (Phi) is 17.9. The third-order valence-electron chi connectivity index (χ3n) is 29.5. The van der Waals surface area contributed by atoms with Crippen molar-refractivity contribution >= 4 is 352 Å². The number of rotatable bonds is 9. The van der Waals surface area contributed by atoms with E-state index >= 15 is 0 Å². The fourth-order valence-electron chi connectivity index (χ4n) is 23.0. The third-order valence-corrected chi connectivity index (χ3v) is 34.1. The van der Waals surface area contributed by atoms with Crippen LogP contribution in [0.1, 0.15) is 0 Å². The summed E-state index contributed by atoms with van der Waals surface area (Å²) in [7, 11) is 0. The van der Waals surface area contributed by atoms with Crippen LogP contribution >= 0.6 is 45.3 Å². The topological polar surface area (TPSA) is 75.4 Å². The van der Waals surface area contributed by atoms with E-state index in [1.54, 1.807) is 0 Å². The van der Waals surface area contributed by atoms with Crippen LogP contribution in [0.5, 0.6) is 0 Å². The first-order valence-electron chi connectivity index (χ1n) is 48.5. The number of hydrogen-bond donors (Lipinski definition) is 0. The Morgan fingerprint density at radius 1 is 0.132 bits per heavy atom. The number of thiophene rings is 4. The molecule has 8 nitrogen and oxygen atoms in total. The zero-order chi connectivity index (χ0) is 94.0. The molecule has 0 aliphatic heterocycles. The van der Waals surface area contributed by atoms with Gasteiger partial charge in [0, 0.05) is 200 Å². The molecule has 0 fully saturated rings. The fourth-order valence-corrected chi connectivity index (χ4v) is 27.5. The molecular formula is C132H75N3O5S4. The van der Waals surface area contributed by atoms with Gasteiger partial charge in [-0.15, -0.1) is 45.3 Å². The van der Waals surface area contributed by atoms with Gasteiger partial charge in [0.25, 0.3) is 0 Å². The highest BCUT2D eigenvalue weighted by atomic mass is 32.1.